The molecule has 0 spiro atoms. The zero-order valence-electron chi connectivity index (χ0n) is 24.7. The second-order valence-electron chi connectivity index (χ2n) is 10.5. The maximum atomic E-state index is 13.6. The van der Waals surface area contributed by atoms with Gasteiger partial charge in [-0.1, -0.05) is 65.9 Å². The molecular weight excluding hydrogens is 562 g/mol. The van der Waals surface area contributed by atoms with Crippen LogP contribution in [0.25, 0.3) is 11.3 Å². The highest BCUT2D eigenvalue weighted by molar-refractivity contribution is 5.85. The number of carbonyl (C=O) groups is 2. The Bertz CT molecular complexity index is 1430. The Hall–Kier alpha value is -4.38. The molecule has 1 aromatic heterocycles. The number of carboxylic acid groups (broad SMARTS) is 1. The van der Waals surface area contributed by atoms with Gasteiger partial charge in [-0.15, -0.1) is 5.10 Å². The summed E-state index contributed by atoms with van der Waals surface area (Å²) in [6, 6.07) is 25.7. The molecule has 0 unspecified atom stereocenters. The minimum absolute atomic E-state index is 0.375. The molecule has 2 atom stereocenters. The summed E-state index contributed by atoms with van der Waals surface area (Å²) in [5.41, 5.74) is 3.12. The average Bonchev–Trinajstić information content (AvgIpc) is 3.50. The van der Waals surface area contributed by atoms with Crippen molar-refractivity contribution in [3.8, 4) is 17.0 Å². The number of nitrogens with zero attached hydrogens (tertiary/aromatic N) is 3. The summed E-state index contributed by atoms with van der Waals surface area (Å²) in [6.45, 7) is 5.78. The predicted molar refractivity (Wildman–Crippen MR) is 162 cm³/mol. The van der Waals surface area contributed by atoms with Gasteiger partial charge >= 0.3 is 11.9 Å². The summed E-state index contributed by atoms with van der Waals surface area (Å²) in [5.74, 6) is -3.40. The van der Waals surface area contributed by atoms with Crippen LogP contribution in [0, 0.1) is 11.8 Å². The Morgan fingerprint density at radius 1 is 0.750 bits per heavy atom. The number of hydrogen-bond donors (Lipinski definition) is 1. The standard InChI is InChI=1S/C34H37N3O7/c1-2-41-19-20-43-22-21-42-18-17-37-23-28(35-36-37)24-13-15-27(16-14-24)44-34(40)32-29(25-9-5-3-6-10-25)31(33(38)39)30(32)26-11-7-4-8-12-26/h3-16,23,29-32H,2,17-22H2,1H3,(H,38,39)/t29-,30-,31-,32-/m0/s1. The van der Waals surface area contributed by atoms with Crippen LogP contribution in [0.2, 0.25) is 0 Å². The summed E-state index contributed by atoms with van der Waals surface area (Å²) < 4.78 is 23.8. The lowest BCUT2D eigenvalue weighted by Gasteiger charge is -2.48. The first-order valence-electron chi connectivity index (χ1n) is 14.8. The Morgan fingerprint density at radius 3 is 1.89 bits per heavy atom. The second kappa shape index (κ2) is 15.4. The highest BCUT2D eigenvalue weighted by Gasteiger charge is 2.59. The molecule has 0 bridgehead atoms. The maximum Gasteiger partial charge on any atom is 0.315 e. The molecule has 10 heteroatoms. The van der Waals surface area contributed by atoms with Gasteiger partial charge in [0.25, 0.3) is 0 Å². The molecule has 1 N–H and O–H groups in total. The van der Waals surface area contributed by atoms with Crippen molar-refractivity contribution in [3.63, 3.8) is 0 Å². The lowest BCUT2D eigenvalue weighted by Crippen LogP contribution is -2.52. The van der Waals surface area contributed by atoms with Gasteiger partial charge in [-0.2, -0.15) is 0 Å². The Labute approximate surface area is 256 Å². The molecule has 0 amide bonds. The van der Waals surface area contributed by atoms with Crippen LogP contribution in [0.4, 0.5) is 0 Å². The molecule has 5 rings (SSSR count). The lowest BCUT2D eigenvalue weighted by atomic mass is 9.52. The highest BCUT2D eigenvalue weighted by Crippen LogP contribution is 2.58. The van der Waals surface area contributed by atoms with Gasteiger partial charge in [0.1, 0.15) is 11.4 Å². The predicted octanol–water partition coefficient (Wildman–Crippen LogP) is 4.82. The van der Waals surface area contributed by atoms with Crippen molar-refractivity contribution in [2.75, 3.05) is 39.6 Å². The van der Waals surface area contributed by atoms with Crippen LogP contribution in [-0.2, 0) is 30.3 Å². The van der Waals surface area contributed by atoms with Crippen LogP contribution >= 0.6 is 0 Å². The molecular formula is C34H37N3O7. The molecule has 4 aromatic rings. The molecule has 230 valence electrons. The summed E-state index contributed by atoms with van der Waals surface area (Å²) in [7, 11) is 0. The van der Waals surface area contributed by atoms with E-state index in [-0.39, 0.29) is 0 Å². The molecule has 1 saturated carbocycles. The van der Waals surface area contributed by atoms with Gasteiger partial charge < -0.3 is 24.1 Å². The Morgan fingerprint density at radius 2 is 1.32 bits per heavy atom. The second-order valence-corrected chi connectivity index (χ2v) is 10.5. The first kappa shape index (κ1) is 31.1. The minimum atomic E-state index is -0.928. The van der Waals surface area contributed by atoms with E-state index in [2.05, 4.69) is 10.3 Å². The summed E-state index contributed by atoms with van der Waals surface area (Å²) in [6.07, 6.45) is 1.83. The number of benzene rings is 3. The van der Waals surface area contributed by atoms with E-state index < -0.39 is 35.6 Å². The first-order chi connectivity index (χ1) is 21.6. The van der Waals surface area contributed by atoms with Crippen LogP contribution in [0.3, 0.4) is 0 Å². The number of aromatic nitrogens is 3. The maximum absolute atomic E-state index is 13.6. The van der Waals surface area contributed by atoms with Crippen molar-refractivity contribution in [1.29, 1.82) is 0 Å². The van der Waals surface area contributed by atoms with E-state index in [1.807, 2.05) is 85.9 Å². The molecule has 0 aliphatic heterocycles. The normalized spacial score (nSPS) is 19.3. The van der Waals surface area contributed by atoms with Crippen molar-refractivity contribution >= 4 is 11.9 Å². The molecule has 1 aliphatic carbocycles. The minimum Gasteiger partial charge on any atom is -0.481 e. The average molecular weight is 600 g/mol. The van der Waals surface area contributed by atoms with Gasteiger partial charge in [0, 0.05) is 24.0 Å². The lowest BCUT2D eigenvalue weighted by molar-refractivity contribution is -0.158. The third-order valence-electron chi connectivity index (χ3n) is 7.79. The van der Waals surface area contributed by atoms with E-state index in [9.17, 15) is 14.7 Å². The fourth-order valence-electron chi connectivity index (χ4n) is 5.69. The van der Waals surface area contributed by atoms with Gasteiger partial charge in [0.05, 0.1) is 57.6 Å². The van der Waals surface area contributed by atoms with Gasteiger partial charge in [0.2, 0.25) is 0 Å². The molecule has 1 aliphatic rings. The summed E-state index contributed by atoms with van der Waals surface area (Å²) in [5, 5.41) is 18.6. The van der Waals surface area contributed by atoms with Crippen LogP contribution in [0.1, 0.15) is 29.9 Å². The van der Waals surface area contributed by atoms with E-state index in [0.717, 1.165) is 16.7 Å². The van der Waals surface area contributed by atoms with Crippen LogP contribution < -0.4 is 4.74 Å². The highest BCUT2D eigenvalue weighted by atomic mass is 16.5. The molecule has 3 aromatic carbocycles. The molecule has 0 radical (unpaired) electrons. The number of aliphatic carboxylic acids is 1. The van der Waals surface area contributed by atoms with Crippen LogP contribution in [-0.4, -0.2) is 71.7 Å². The third kappa shape index (κ3) is 7.57. The number of carboxylic acids is 1. The molecule has 1 heterocycles. The van der Waals surface area contributed by atoms with Crippen LogP contribution in [0.5, 0.6) is 5.75 Å². The van der Waals surface area contributed by atoms with Crippen molar-refractivity contribution in [2.24, 2.45) is 11.8 Å². The zero-order valence-corrected chi connectivity index (χ0v) is 24.7. The topological polar surface area (TPSA) is 122 Å². The van der Waals surface area contributed by atoms with Gasteiger partial charge in [-0.3, -0.25) is 9.59 Å². The monoisotopic (exact) mass is 599 g/mol. The molecule has 0 saturated heterocycles. The number of hydrogen-bond acceptors (Lipinski definition) is 8. The molecule has 10 nitrogen and oxygen atoms in total. The molecule has 1 fully saturated rings. The van der Waals surface area contributed by atoms with Gasteiger partial charge in [-0.05, 0) is 42.3 Å². The summed E-state index contributed by atoms with van der Waals surface area (Å²) in [4.78, 5) is 26.1. The van der Waals surface area contributed by atoms with Crippen molar-refractivity contribution < 1.29 is 33.6 Å². The van der Waals surface area contributed by atoms with E-state index in [1.54, 1.807) is 16.8 Å². The van der Waals surface area contributed by atoms with E-state index in [1.165, 1.54) is 0 Å². The Balaban J connectivity index is 1.19. The Kier molecular flexibility index (Phi) is 10.9. The number of ether oxygens (including phenoxy) is 4. The van der Waals surface area contributed by atoms with Crippen molar-refractivity contribution in [1.82, 2.24) is 15.0 Å². The number of carbonyl (C=O) groups excluding carboxylic acids is 1. The van der Waals surface area contributed by atoms with Crippen LogP contribution in [0.15, 0.2) is 91.1 Å². The van der Waals surface area contributed by atoms with Gasteiger partial charge in [-0.25, -0.2) is 4.68 Å². The zero-order chi connectivity index (χ0) is 30.7. The largest absolute Gasteiger partial charge is 0.481 e. The van der Waals surface area contributed by atoms with Crippen molar-refractivity contribution in [3.05, 3.63) is 102 Å². The fraction of sp³-hybridized carbons (Fsp3) is 0.353. The SMILES string of the molecule is CCOCCOCCOCCn1cc(-c2ccc(OC(=O)[C@H]3[C@@H](c4ccccc4)[C@H](C(=O)O)[C@@H]3c3ccccc3)cc2)nn1. The fourth-order valence-corrected chi connectivity index (χ4v) is 5.69. The first-order valence-corrected chi connectivity index (χ1v) is 14.8. The van der Waals surface area contributed by atoms with Crippen molar-refractivity contribution in [2.45, 2.75) is 25.3 Å². The summed E-state index contributed by atoms with van der Waals surface area (Å²) >= 11 is 0. The molecule has 44 heavy (non-hydrogen) atoms. The van der Waals surface area contributed by atoms with E-state index >= 15 is 0 Å². The van der Waals surface area contributed by atoms with Gasteiger partial charge in [0.15, 0.2) is 0 Å². The third-order valence-corrected chi connectivity index (χ3v) is 7.79. The quantitative estimate of drug-likeness (QED) is 0.110. The van der Waals surface area contributed by atoms with E-state index in [0.29, 0.717) is 57.6 Å². The number of esters is 1. The van der Waals surface area contributed by atoms with E-state index in [4.69, 9.17) is 18.9 Å². The number of rotatable bonds is 16. The smallest absolute Gasteiger partial charge is 0.315 e.